The van der Waals surface area contributed by atoms with Crippen LogP contribution in [0.2, 0.25) is 5.02 Å². The summed E-state index contributed by atoms with van der Waals surface area (Å²) in [5.41, 5.74) is 3.47. The van der Waals surface area contributed by atoms with Crippen molar-refractivity contribution in [3.05, 3.63) is 85.7 Å². The Morgan fingerprint density at radius 3 is 2.80 bits per heavy atom. The van der Waals surface area contributed by atoms with E-state index in [0.717, 1.165) is 4.26 Å². The number of aryl methyl sites for hydroxylation is 1. The molecule has 0 fully saturated rings. The van der Waals surface area contributed by atoms with E-state index in [1.165, 1.54) is 12.1 Å². The SMILES string of the molecule is Cc1[nH]c(/C=C2\C(=O)Nc3cc(F)ccc32)c(C)c1C(=O)OCCn1[se]c2cc(Cl)ccc2c1=O. The maximum atomic E-state index is 13.5. The minimum absolute atomic E-state index is 0.0515. The Morgan fingerprint density at radius 2 is 2.00 bits per heavy atom. The number of aromatic amines is 1. The summed E-state index contributed by atoms with van der Waals surface area (Å²) in [5.74, 6) is -1.30. The van der Waals surface area contributed by atoms with Crippen LogP contribution in [0.25, 0.3) is 21.3 Å². The van der Waals surface area contributed by atoms with Crippen molar-refractivity contribution in [1.82, 2.24) is 8.55 Å². The van der Waals surface area contributed by atoms with Crippen LogP contribution in [0.1, 0.15) is 32.9 Å². The number of carbonyl (C=O) groups excluding carboxylic acids is 2. The second-order valence-corrected chi connectivity index (χ2v) is 10.8. The molecule has 2 aromatic heterocycles. The van der Waals surface area contributed by atoms with Crippen molar-refractivity contribution >= 4 is 65.2 Å². The van der Waals surface area contributed by atoms with E-state index in [2.05, 4.69) is 10.3 Å². The zero-order valence-electron chi connectivity index (χ0n) is 18.7. The second kappa shape index (κ2) is 9.00. The third-order valence-electron chi connectivity index (χ3n) is 5.87. The van der Waals surface area contributed by atoms with Gasteiger partial charge in [-0.3, -0.25) is 0 Å². The number of hydrogen-bond acceptors (Lipinski definition) is 4. The van der Waals surface area contributed by atoms with Crippen LogP contribution < -0.4 is 10.9 Å². The molecule has 0 saturated carbocycles. The van der Waals surface area contributed by atoms with Crippen LogP contribution in [0, 0.1) is 19.7 Å². The van der Waals surface area contributed by atoms with Gasteiger partial charge in [-0.15, -0.1) is 0 Å². The first-order chi connectivity index (χ1) is 16.7. The molecule has 10 heteroatoms. The van der Waals surface area contributed by atoms with Crippen molar-refractivity contribution in [2.24, 2.45) is 0 Å². The predicted molar refractivity (Wildman–Crippen MR) is 134 cm³/mol. The van der Waals surface area contributed by atoms with Crippen molar-refractivity contribution < 1.29 is 18.7 Å². The van der Waals surface area contributed by atoms with Gasteiger partial charge in [0.25, 0.3) is 0 Å². The molecular formula is C25H19ClFN3O4Se. The quantitative estimate of drug-likeness (QED) is 0.219. The normalized spacial score (nSPS) is 13.9. The molecule has 1 aliphatic rings. The molecule has 0 spiro atoms. The van der Waals surface area contributed by atoms with Gasteiger partial charge in [-0.2, -0.15) is 0 Å². The molecule has 4 aromatic rings. The van der Waals surface area contributed by atoms with Gasteiger partial charge in [-0.05, 0) is 12.1 Å². The summed E-state index contributed by atoms with van der Waals surface area (Å²) >= 11 is 5.81. The molecule has 0 atom stereocenters. The van der Waals surface area contributed by atoms with Crippen molar-refractivity contribution in [2.45, 2.75) is 20.4 Å². The van der Waals surface area contributed by atoms with Crippen molar-refractivity contribution in [2.75, 3.05) is 11.9 Å². The first-order valence-electron chi connectivity index (χ1n) is 10.7. The second-order valence-electron chi connectivity index (χ2n) is 8.14. The standard InChI is InChI=1S/C25H19ClFN3O4Se/c1-12-19(11-18-16-6-4-15(27)10-20(16)29-23(18)31)28-13(2)22(12)25(33)34-8-7-30-24(32)17-5-3-14(26)9-21(17)35-30/h3-6,9-11,28H,7-8H2,1-2H3,(H,29,31)/b18-11-. The summed E-state index contributed by atoms with van der Waals surface area (Å²) in [6.45, 7) is 3.84. The van der Waals surface area contributed by atoms with Crippen molar-refractivity contribution in [1.29, 1.82) is 0 Å². The number of rotatable bonds is 5. The average molecular weight is 559 g/mol. The van der Waals surface area contributed by atoms with Gasteiger partial charge in [0.15, 0.2) is 0 Å². The van der Waals surface area contributed by atoms with Gasteiger partial charge in [0, 0.05) is 0 Å². The van der Waals surface area contributed by atoms with E-state index in [1.807, 2.05) is 0 Å². The number of ether oxygens (including phenoxy) is 1. The Bertz CT molecular complexity index is 1610. The van der Waals surface area contributed by atoms with Crippen LogP contribution in [0.4, 0.5) is 10.1 Å². The number of H-pyrrole nitrogens is 1. The van der Waals surface area contributed by atoms with Gasteiger partial charge in [0.05, 0.1) is 0 Å². The first-order valence-corrected chi connectivity index (χ1v) is 12.7. The van der Waals surface area contributed by atoms with E-state index in [0.29, 0.717) is 49.7 Å². The van der Waals surface area contributed by atoms with Crippen molar-refractivity contribution in [3.8, 4) is 0 Å². The third-order valence-corrected chi connectivity index (χ3v) is 8.42. The number of anilines is 1. The van der Waals surface area contributed by atoms with E-state index in [4.69, 9.17) is 16.3 Å². The van der Waals surface area contributed by atoms with E-state index in [-0.39, 0.29) is 39.4 Å². The number of aromatic nitrogens is 2. The molecule has 3 heterocycles. The van der Waals surface area contributed by atoms with Gasteiger partial charge in [-0.1, -0.05) is 0 Å². The fraction of sp³-hybridized carbons (Fsp3) is 0.160. The molecule has 0 radical (unpaired) electrons. The number of nitrogens with zero attached hydrogens (tertiary/aromatic N) is 1. The summed E-state index contributed by atoms with van der Waals surface area (Å²) in [6, 6.07) is 9.31. The van der Waals surface area contributed by atoms with Gasteiger partial charge in [0.1, 0.15) is 5.82 Å². The van der Waals surface area contributed by atoms with Crippen LogP contribution in [0.15, 0.2) is 41.2 Å². The van der Waals surface area contributed by atoms with E-state index < -0.39 is 11.8 Å². The molecular weight excluding hydrogens is 540 g/mol. The monoisotopic (exact) mass is 559 g/mol. The molecule has 7 nitrogen and oxygen atoms in total. The third kappa shape index (κ3) is 4.27. The Hall–Kier alpha value is -3.39. The van der Waals surface area contributed by atoms with Gasteiger partial charge in [0.2, 0.25) is 0 Å². The van der Waals surface area contributed by atoms with Gasteiger partial charge < -0.3 is 0 Å². The Kier molecular flexibility index (Phi) is 6.00. The molecule has 178 valence electrons. The van der Waals surface area contributed by atoms with Crippen LogP contribution in [0.3, 0.4) is 0 Å². The number of hydrogen-bond donors (Lipinski definition) is 2. The molecule has 0 bridgehead atoms. The predicted octanol–water partition coefficient (Wildman–Crippen LogP) is 4.15. The Balaban J connectivity index is 1.34. The van der Waals surface area contributed by atoms with Gasteiger partial charge >= 0.3 is 188 Å². The molecule has 35 heavy (non-hydrogen) atoms. The average Bonchev–Trinajstić information content (AvgIpc) is 3.38. The van der Waals surface area contributed by atoms with Crippen molar-refractivity contribution in [3.63, 3.8) is 0 Å². The zero-order valence-corrected chi connectivity index (χ0v) is 21.2. The maximum absolute atomic E-state index is 13.5. The van der Waals surface area contributed by atoms with E-state index in [1.54, 1.807) is 47.8 Å². The van der Waals surface area contributed by atoms with Crippen LogP contribution in [-0.2, 0) is 16.1 Å². The fourth-order valence-corrected chi connectivity index (χ4v) is 6.62. The van der Waals surface area contributed by atoms with Crippen LogP contribution >= 0.6 is 11.6 Å². The molecule has 0 saturated heterocycles. The molecule has 0 aliphatic carbocycles. The number of carbonyl (C=O) groups is 2. The molecule has 1 aliphatic heterocycles. The number of esters is 1. The number of fused-ring (bicyclic) bond motifs is 2. The van der Waals surface area contributed by atoms with E-state index >= 15 is 0 Å². The number of nitrogens with one attached hydrogen (secondary N) is 2. The van der Waals surface area contributed by atoms with E-state index in [9.17, 15) is 18.8 Å². The number of benzene rings is 2. The van der Waals surface area contributed by atoms with Gasteiger partial charge in [-0.25, -0.2) is 4.39 Å². The number of halogens is 2. The summed E-state index contributed by atoms with van der Waals surface area (Å²) < 4.78 is 21.6. The topological polar surface area (TPSA) is 93.2 Å². The molecule has 2 N–H and O–H groups in total. The zero-order chi connectivity index (χ0) is 24.9. The first kappa shape index (κ1) is 23.4. The summed E-state index contributed by atoms with van der Waals surface area (Å²) in [7, 11) is 0. The summed E-state index contributed by atoms with van der Waals surface area (Å²) in [6.07, 6.45) is 1.64. The summed E-state index contributed by atoms with van der Waals surface area (Å²) in [4.78, 5) is 41.0. The van der Waals surface area contributed by atoms with Crippen LogP contribution in [0.5, 0.6) is 0 Å². The fourth-order valence-electron chi connectivity index (χ4n) is 4.16. The molecule has 5 rings (SSSR count). The molecule has 0 unspecified atom stereocenters. The Labute approximate surface area is 210 Å². The summed E-state index contributed by atoms with van der Waals surface area (Å²) in [5, 5.41) is 3.87. The van der Waals surface area contributed by atoms with Crippen LogP contribution in [-0.4, -0.2) is 41.8 Å². The number of amides is 1. The minimum atomic E-state index is -0.515. The molecule has 1 amide bonds. The molecule has 2 aromatic carbocycles. The Morgan fingerprint density at radius 1 is 1.20 bits per heavy atom.